The number of carbonyl (C=O) groups is 1. The zero-order valence-corrected chi connectivity index (χ0v) is 18.2. The minimum absolute atomic E-state index is 0.0512. The summed E-state index contributed by atoms with van der Waals surface area (Å²) in [6.45, 7) is 4.55. The minimum Gasteiger partial charge on any atom is -0.478 e. The van der Waals surface area contributed by atoms with Gasteiger partial charge in [-0.3, -0.25) is 0 Å². The number of unbranched alkanes of at least 4 members (excludes halogenated alkanes) is 1. The largest absolute Gasteiger partial charge is 0.478 e. The first kappa shape index (κ1) is 22.1. The third kappa shape index (κ3) is 5.50. The zero-order valence-electron chi connectivity index (χ0n) is 17.4. The average molecular weight is 423 g/mol. The van der Waals surface area contributed by atoms with E-state index >= 15 is 0 Å². The smallest absolute Gasteiger partial charge is 0.336 e. The fourth-order valence-electron chi connectivity index (χ4n) is 3.61. The first-order chi connectivity index (χ1) is 14.5. The van der Waals surface area contributed by atoms with Crippen LogP contribution in [0.3, 0.4) is 0 Å². The molecule has 0 aromatic heterocycles. The van der Waals surface area contributed by atoms with Crippen molar-refractivity contribution in [1.29, 1.82) is 0 Å². The maximum Gasteiger partial charge on any atom is 0.336 e. The molecule has 0 aliphatic rings. The third-order valence-corrected chi connectivity index (χ3v) is 5.48. The van der Waals surface area contributed by atoms with Crippen molar-refractivity contribution >= 4 is 17.6 Å². The number of aryl methyl sites for hydroxylation is 1. The molecule has 0 amide bonds. The lowest BCUT2D eigenvalue weighted by molar-refractivity contribution is 0.0324. The molecule has 0 saturated heterocycles. The lowest BCUT2D eigenvalue weighted by Crippen LogP contribution is -2.06. The summed E-state index contributed by atoms with van der Waals surface area (Å²) in [7, 11) is 0. The Kier molecular flexibility index (Phi) is 7.67. The van der Waals surface area contributed by atoms with Gasteiger partial charge in [0.1, 0.15) is 0 Å². The van der Waals surface area contributed by atoms with Crippen LogP contribution in [0.5, 0.6) is 0 Å². The molecule has 4 heteroatoms. The molecule has 0 bridgehead atoms. The van der Waals surface area contributed by atoms with Crippen LogP contribution in [0.1, 0.15) is 59.3 Å². The fourth-order valence-corrected chi connectivity index (χ4v) is 3.80. The van der Waals surface area contributed by atoms with Crippen molar-refractivity contribution in [3.8, 4) is 11.1 Å². The maximum atomic E-state index is 11.8. The molecule has 3 nitrogen and oxygen atoms in total. The summed E-state index contributed by atoms with van der Waals surface area (Å²) in [5, 5.41) is 10.4. The molecule has 0 heterocycles. The first-order valence-electron chi connectivity index (χ1n) is 10.3. The minimum atomic E-state index is -0.930. The third-order valence-electron chi connectivity index (χ3n) is 5.24. The van der Waals surface area contributed by atoms with Gasteiger partial charge in [-0.15, -0.1) is 0 Å². The van der Waals surface area contributed by atoms with E-state index in [-0.39, 0.29) is 6.10 Å². The van der Waals surface area contributed by atoms with Gasteiger partial charge in [-0.1, -0.05) is 73.8 Å². The number of hydrogen-bond acceptors (Lipinski definition) is 2. The van der Waals surface area contributed by atoms with E-state index in [1.165, 1.54) is 0 Å². The van der Waals surface area contributed by atoms with Crippen LogP contribution in [-0.2, 0) is 11.3 Å². The van der Waals surface area contributed by atoms with Crippen LogP contribution in [0.4, 0.5) is 0 Å². The highest BCUT2D eigenvalue weighted by Gasteiger charge is 2.16. The Morgan fingerprint density at radius 1 is 1.03 bits per heavy atom. The Morgan fingerprint density at radius 3 is 2.53 bits per heavy atom. The number of hydrogen-bond donors (Lipinski definition) is 1. The summed E-state index contributed by atoms with van der Waals surface area (Å²) in [5.74, 6) is -0.930. The molecule has 0 aliphatic heterocycles. The molecule has 1 N–H and O–H groups in total. The number of ether oxygens (including phenoxy) is 1. The Balaban J connectivity index is 1.87. The molecule has 0 aliphatic carbocycles. The second-order valence-electron chi connectivity index (χ2n) is 7.50. The first-order valence-corrected chi connectivity index (χ1v) is 10.7. The van der Waals surface area contributed by atoms with Gasteiger partial charge in [-0.05, 0) is 65.4 Å². The Labute approximate surface area is 183 Å². The molecule has 3 aromatic rings. The highest BCUT2D eigenvalue weighted by Crippen LogP contribution is 2.30. The SMILES string of the molecule is CCCCC(OCc1ccc(C(=O)O)c(-c2ccccc2C)c1)c1cccc(Cl)c1. The number of rotatable bonds is 9. The molecule has 3 aromatic carbocycles. The van der Waals surface area contributed by atoms with E-state index in [1.807, 2.05) is 67.6 Å². The van der Waals surface area contributed by atoms with E-state index < -0.39 is 5.97 Å². The Hall–Kier alpha value is -2.62. The van der Waals surface area contributed by atoms with Crippen molar-refractivity contribution in [3.63, 3.8) is 0 Å². The molecule has 0 saturated carbocycles. The monoisotopic (exact) mass is 422 g/mol. The van der Waals surface area contributed by atoms with Crippen molar-refractivity contribution in [2.45, 2.75) is 45.8 Å². The van der Waals surface area contributed by atoms with E-state index in [0.29, 0.717) is 17.2 Å². The number of carboxylic acid groups (broad SMARTS) is 1. The van der Waals surface area contributed by atoms with Gasteiger partial charge in [0.15, 0.2) is 0 Å². The highest BCUT2D eigenvalue weighted by molar-refractivity contribution is 6.30. The van der Waals surface area contributed by atoms with Crippen molar-refractivity contribution in [1.82, 2.24) is 0 Å². The van der Waals surface area contributed by atoms with Gasteiger partial charge in [0.25, 0.3) is 0 Å². The summed E-state index contributed by atoms with van der Waals surface area (Å²) in [4.78, 5) is 11.8. The van der Waals surface area contributed by atoms with Gasteiger partial charge in [0.05, 0.1) is 18.3 Å². The standard InChI is InChI=1S/C26H27ClO3/c1-3-4-12-25(20-9-7-10-21(27)16-20)30-17-19-13-14-23(26(28)29)24(15-19)22-11-6-5-8-18(22)2/h5-11,13-16,25H,3-4,12,17H2,1-2H3,(H,28,29). The molecule has 1 atom stereocenters. The second-order valence-corrected chi connectivity index (χ2v) is 7.93. The van der Waals surface area contributed by atoms with Gasteiger partial charge in [-0.25, -0.2) is 4.79 Å². The van der Waals surface area contributed by atoms with Crippen molar-refractivity contribution < 1.29 is 14.6 Å². The van der Waals surface area contributed by atoms with E-state index in [4.69, 9.17) is 16.3 Å². The van der Waals surface area contributed by atoms with Gasteiger partial charge < -0.3 is 9.84 Å². The normalized spacial score (nSPS) is 12.0. The fraction of sp³-hybridized carbons (Fsp3) is 0.269. The number of carboxylic acids is 1. The Morgan fingerprint density at radius 2 is 1.83 bits per heavy atom. The van der Waals surface area contributed by atoms with E-state index in [1.54, 1.807) is 6.07 Å². The van der Waals surface area contributed by atoms with Crippen LogP contribution >= 0.6 is 11.6 Å². The van der Waals surface area contributed by atoms with Crippen LogP contribution in [0.15, 0.2) is 66.7 Å². The molecule has 156 valence electrons. The van der Waals surface area contributed by atoms with Crippen LogP contribution in [0.2, 0.25) is 5.02 Å². The van der Waals surface area contributed by atoms with Gasteiger partial charge in [0, 0.05) is 5.02 Å². The molecular formula is C26H27ClO3. The van der Waals surface area contributed by atoms with Crippen molar-refractivity contribution in [2.24, 2.45) is 0 Å². The van der Waals surface area contributed by atoms with E-state index in [0.717, 1.165) is 47.1 Å². The molecular weight excluding hydrogens is 396 g/mol. The summed E-state index contributed by atoms with van der Waals surface area (Å²) >= 11 is 6.18. The number of aromatic carboxylic acids is 1. The predicted molar refractivity (Wildman–Crippen MR) is 122 cm³/mol. The van der Waals surface area contributed by atoms with E-state index in [9.17, 15) is 9.90 Å². The van der Waals surface area contributed by atoms with Gasteiger partial charge in [0.2, 0.25) is 0 Å². The van der Waals surface area contributed by atoms with Crippen LogP contribution in [0.25, 0.3) is 11.1 Å². The van der Waals surface area contributed by atoms with Gasteiger partial charge >= 0.3 is 5.97 Å². The molecule has 0 fully saturated rings. The molecule has 30 heavy (non-hydrogen) atoms. The summed E-state index contributed by atoms with van der Waals surface area (Å²) in [6, 6.07) is 21.1. The lowest BCUT2D eigenvalue weighted by atomic mass is 9.94. The summed E-state index contributed by atoms with van der Waals surface area (Å²) in [5.41, 5.74) is 4.99. The van der Waals surface area contributed by atoms with Crippen molar-refractivity contribution in [3.05, 3.63) is 94.0 Å². The van der Waals surface area contributed by atoms with Gasteiger partial charge in [-0.2, -0.15) is 0 Å². The molecule has 3 rings (SSSR count). The van der Waals surface area contributed by atoms with Crippen LogP contribution in [-0.4, -0.2) is 11.1 Å². The number of benzene rings is 3. The lowest BCUT2D eigenvalue weighted by Gasteiger charge is -2.19. The van der Waals surface area contributed by atoms with Crippen molar-refractivity contribution in [2.75, 3.05) is 0 Å². The maximum absolute atomic E-state index is 11.8. The Bertz CT molecular complexity index is 1010. The molecule has 0 spiro atoms. The zero-order chi connectivity index (χ0) is 21.5. The second kappa shape index (κ2) is 10.4. The van der Waals surface area contributed by atoms with Crippen LogP contribution in [0, 0.1) is 6.92 Å². The molecule has 1 unspecified atom stereocenters. The quantitative estimate of drug-likeness (QED) is 0.389. The molecule has 0 radical (unpaired) electrons. The summed E-state index contributed by atoms with van der Waals surface area (Å²) in [6.07, 6.45) is 3.01. The van der Waals surface area contributed by atoms with Crippen LogP contribution < -0.4 is 0 Å². The average Bonchev–Trinajstić information content (AvgIpc) is 2.74. The number of halogens is 1. The highest BCUT2D eigenvalue weighted by atomic mass is 35.5. The van der Waals surface area contributed by atoms with E-state index in [2.05, 4.69) is 6.92 Å². The topological polar surface area (TPSA) is 46.5 Å². The predicted octanol–water partition coefficient (Wildman–Crippen LogP) is 7.46. The summed E-state index contributed by atoms with van der Waals surface area (Å²) < 4.78 is 6.29.